The first-order chi connectivity index (χ1) is 7.09. The number of rotatable bonds is 1. The number of nitrogens with zero attached hydrogens (tertiary/aromatic N) is 1. The van der Waals surface area contributed by atoms with Gasteiger partial charge in [0.25, 0.3) is 0 Å². The highest BCUT2D eigenvalue weighted by Gasteiger charge is 2.10. The fraction of sp³-hybridized carbons (Fsp3) is 0. The molecule has 0 spiro atoms. The van der Waals surface area contributed by atoms with E-state index in [1.807, 2.05) is 10.2 Å². The van der Waals surface area contributed by atoms with E-state index in [2.05, 4.69) is 0 Å². The molecule has 0 saturated carbocycles. The Morgan fingerprint density at radius 2 is 1.80 bits per heavy atom. The molecule has 0 aliphatic rings. The van der Waals surface area contributed by atoms with Gasteiger partial charge in [-0.2, -0.15) is 0 Å². The van der Waals surface area contributed by atoms with Crippen molar-refractivity contribution < 1.29 is 4.39 Å². The Morgan fingerprint density at radius 1 is 1.20 bits per heavy atom. The average molecular weight is 210 g/mol. The Balaban J connectivity index is 2.75. The van der Waals surface area contributed by atoms with Gasteiger partial charge in [0.2, 0.25) is 0 Å². The monoisotopic (exact) mass is 210 g/mol. The van der Waals surface area contributed by atoms with Crippen molar-refractivity contribution in [3.63, 3.8) is 0 Å². The number of halogens is 1. The summed E-state index contributed by atoms with van der Waals surface area (Å²) in [5.74, 6) is -0.734. The van der Waals surface area contributed by atoms with Gasteiger partial charge in [-0.1, -0.05) is 0 Å². The van der Waals surface area contributed by atoms with Crippen molar-refractivity contribution in [2.75, 3.05) is 5.73 Å². The van der Waals surface area contributed by atoms with Gasteiger partial charge in [-0.15, -0.1) is 0 Å². The SMILES string of the molecule is Nc1ccc(-n2c(=O)[nH][nH]c2=O)c(F)c1. The Bertz CT molecular complexity index is 582. The first-order valence-electron chi connectivity index (χ1n) is 4.04. The highest BCUT2D eigenvalue weighted by Crippen LogP contribution is 2.12. The van der Waals surface area contributed by atoms with E-state index in [-0.39, 0.29) is 11.4 Å². The van der Waals surface area contributed by atoms with Crippen LogP contribution >= 0.6 is 0 Å². The van der Waals surface area contributed by atoms with Crippen LogP contribution in [0.25, 0.3) is 5.69 Å². The number of nitrogens with two attached hydrogens (primary N) is 1. The number of hydrogen-bond donors (Lipinski definition) is 3. The first-order valence-corrected chi connectivity index (χ1v) is 4.04. The molecule has 15 heavy (non-hydrogen) atoms. The van der Waals surface area contributed by atoms with Gasteiger partial charge in [0.1, 0.15) is 5.82 Å². The molecule has 4 N–H and O–H groups in total. The number of H-pyrrole nitrogens is 2. The molecule has 0 fully saturated rings. The fourth-order valence-electron chi connectivity index (χ4n) is 1.23. The summed E-state index contributed by atoms with van der Waals surface area (Å²) < 4.78 is 14.0. The second kappa shape index (κ2) is 3.12. The van der Waals surface area contributed by atoms with Crippen molar-refractivity contribution in [2.24, 2.45) is 0 Å². The third kappa shape index (κ3) is 1.43. The van der Waals surface area contributed by atoms with Crippen molar-refractivity contribution in [2.45, 2.75) is 0 Å². The lowest BCUT2D eigenvalue weighted by atomic mass is 10.2. The van der Waals surface area contributed by atoms with Crippen LogP contribution in [0.1, 0.15) is 0 Å². The number of anilines is 1. The Morgan fingerprint density at radius 3 is 2.33 bits per heavy atom. The van der Waals surface area contributed by atoms with Crippen LogP contribution in [-0.4, -0.2) is 14.8 Å². The summed E-state index contributed by atoms with van der Waals surface area (Å²) in [7, 11) is 0. The van der Waals surface area contributed by atoms with Crippen molar-refractivity contribution in [3.05, 3.63) is 45.0 Å². The molecule has 0 bridgehead atoms. The molecule has 78 valence electrons. The van der Waals surface area contributed by atoms with Gasteiger partial charge in [0.05, 0.1) is 5.69 Å². The molecule has 0 radical (unpaired) electrons. The standard InChI is InChI=1S/C8H7FN4O2/c9-5-3-4(10)1-2-6(5)13-7(14)11-12-8(13)15/h1-3H,10H2,(H,11,14)(H,12,15). The molecule has 2 rings (SSSR count). The Hall–Kier alpha value is -2.31. The van der Waals surface area contributed by atoms with E-state index in [4.69, 9.17) is 5.73 Å². The lowest BCUT2D eigenvalue weighted by molar-refractivity contribution is 0.615. The van der Waals surface area contributed by atoms with Gasteiger partial charge in [-0.25, -0.2) is 28.7 Å². The molecule has 0 aliphatic heterocycles. The van der Waals surface area contributed by atoms with E-state index < -0.39 is 17.2 Å². The first kappa shape index (κ1) is 9.25. The molecule has 0 atom stereocenters. The molecule has 1 heterocycles. The summed E-state index contributed by atoms with van der Waals surface area (Å²) in [4.78, 5) is 22.3. The number of aromatic nitrogens is 3. The van der Waals surface area contributed by atoms with Gasteiger partial charge in [-0.05, 0) is 18.2 Å². The maximum absolute atomic E-state index is 13.4. The fourth-order valence-corrected chi connectivity index (χ4v) is 1.23. The zero-order chi connectivity index (χ0) is 11.0. The van der Waals surface area contributed by atoms with E-state index in [0.29, 0.717) is 4.57 Å². The lowest BCUT2D eigenvalue weighted by Crippen LogP contribution is -2.25. The zero-order valence-electron chi connectivity index (χ0n) is 7.45. The zero-order valence-corrected chi connectivity index (χ0v) is 7.45. The highest BCUT2D eigenvalue weighted by atomic mass is 19.1. The van der Waals surface area contributed by atoms with Crippen molar-refractivity contribution in [1.82, 2.24) is 14.8 Å². The summed E-state index contributed by atoms with van der Waals surface area (Å²) in [6.07, 6.45) is 0. The molecule has 1 aromatic carbocycles. The van der Waals surface area contributed by atoms with Gasteiger partial charge in [0.15, 0.2) is 0 Å². The predicted octanol–water partition coefficient (Wildman–Crippen LogP) is -0.425. The van der Waals surface area contributed by atoms with Crippen molar-refractivity contribution >= 4 is 5.69 Å². The third-order valence-corrected chi connectivity index (χ3v) is 1.90. The largest absolute Gasteiger partial charge is 0.399 e. The molecule has 1 aromatic heterocycles. The normalized spacial score (nSPS) is 10.5. The van der Waals surface area contributed by atoms with Crippen molar-refractivity contribution in [3.8, 4) is 5.69 Å². The summed E-state index contributed by atoms with van der Waals surface area (Å²) in [5.41, 5.74) is 3.95. The van der Waals surface area contributed by atoms with Crippen LogP contribution < -0.4 is 17.1 Å². The number of hydrogen-bond acceptors (Lipinski definition) is 3. The quantitative estimate of drug-likeness (QED) is 0.557. The van der Waals surface area contributed by atoms with Crippen LogP contribution in [0.2, 0.25) is 0 Å². The highest BCUT2D eigenvalue weighted by molar-refractivity contribution is 5.46. The maximum Gasteiger partial charge on any atom is 0.349 e. The second-order valence-electron chi connectivity index (χ2n) is 2.91. The van der Waals surface area contributed by atoms with Gasteiger partial charge in [0, 0.05) is 5.69 Å². The van der Waals surface area contributed by atoms with Crippen molar-refractivity contribution in [1.29, 1.82) is 0 Å². The minimum absolute atomic E-state index is 0.142. The van der Waals surface area contributed by atoms with E-state index >= 15 is 0 Å². The third-order valence-electron chi connectivity index (χ3n) is 1.90. The number of nitrogen functional groups attached to an aromatic ring is 1. The van der Waals surface area contributed by atoms with Gasteiger partial charge >= 0.3 is 11.4 Å². The molecular formula is C8H7FN4O2. The molecule has 0 aliphatic carbocycles. The van der Waals surface area contributed by atoms with Crippen LogP contribution in [0, 0.1) is 5.82 Å². The maximum atomic E-state index is 13.4. The number of benzene rings is 1. The molecule has 6 nitrogen and oxygen atoms in total. The number of nitrogens with one attached hydrogen (secondary N) is 2. The molecular weight excluding hydrogens is 203 g/mol. The summed E-state index contributed by atoms with van der Waals surface area (Å²) in [6, 6.07) is 3.70. The second-order valence-corrected chi connectivity index (χ2v) is 2.91. The Labute approximate surface area is 82.1 Å². The molecule has 7 heteroatoms. The average Bonchev–Trinajstić information content (AvgIpc) is 2.48. The van der Waals surface area contributed by atoms with Crippen LogP contribution in [-0.2, 0) is 0 Å². The van der Waals surface area contributed by atoms with Crippen LogP contribution in [0.4, 0.5) is 10.1 Å². The smallest absolute Gasteiger partial charge is 0.349 e. The minimum atomic E-state index is -0.734. The summed E-state index contributed by atoms with van der Waals surface area (Å²) in [5, 5.41) is 4.10. The van der Waals surface area contributed by atoms with Crippen LogP contribution in [0.15, 0.2) is 27.8 Å². The molecule has 0 unspecified atom stereocenters. The summed E-state index contributed by atoms with van der Waals surface area (Å²) in [6.45, 7) is 0. The number of aromatic amines is 2. The minimum Gasteiger partial charge on any atom is -0.399 e. The molecule has 0 amide bonds. The van der Waals surface area contributed by atoms with Gasteiger partial charge in [-0.3, -0.25) is 0 Å². The van der Waals surface area contributed by atoms with E-state index in [1.54, 1.807) is 0 Å². The summed E-state index contributed by atoms with van der Waals surface area (Å²) >= 11 is 0. The van der Waals surface area contributed by atoms with Gasteiger partial charge < -0.3 is 5.73 Å². The topological polar surface area (TPSA) is 96.7 Å². The molecule has 2 aromatic rings. The Kier molecular flexibility index (Phi) is 1.93. The van der Waals surface area contributed by atoms with E-state index in [9.17, 15) is 14.0 Å². The van der Waals surface area contributed by atoms with E-state index in [1.165, 1.54) is 12.1 Å². The lowest BCUT2D eigenvalue weighted by Gasteiger charge is -2.01. The predicted molar refractivity (Wildman–Crippen MR) is 51.4 cm³/mol. The van der Waals surface area contributed by atoms with Crippen LogP contribution in [0.3, 0.4) is 0 Å². The van der Waals surface area contributed by atoms with E-state index in [0.717, 1.165) is 6.07 Å². The van der Waals surface area contributed by atoms with Crippen LogP contribution in [0.5, 0.6) is 0 Å². The molecule has 0 saturated heterocycles.